The van der Waals surface area contributed by atoms with Crippen molar-refractivity contribution in [1.29, 1.82) is 0 Å². The summed E-state index contributed by atoms with van der Waals surface area (Å²) >= 11 is 0. The van der Waals surface area contributed by atoms with Crippen molar-refractivity contribution >= 4 is 6.03 Å². The summed E-state index contributed by atoms with van der Waals surface area (Å²) < 4.78 is 40.9. The van der Waals surface area contributed by atoms with Crippen LogP contribution in [0.1, 0.15) is 25.0 Å². The SMILES string of the molecule is CC(C)(CNC(=O)NCCc1c(F)cccc1F)c1ccccc1F. The van der Waals surface area contributed by atoms with Crippen molar-refractivity contribution in [3.05, 3.63) is 71.0 Å². The first-order valence-electron chi connectivity index (χ1n) is 8.01. The van der Waals surface area contributed by atoms with Crippen LogP contribution in [0.15, 0.2) is 42.5 Å². The first-order chi connectivity index (χ1) is 11.8. The predicted octanol–water partition coefficient (Wildman–Crippen LogP) is 3.92. The molecular weight excluding hydrogens is 329 g/mol. The molecule has 0 fully saturated rings. The molecule has 134 valence electrons. The Labute approximate surface area is 145 Å². The number of amides is 2. The average molecular weight is 350 g/mol. The largest absolute Gasteiger partial charge is 0.338 e. The molecule has 0 aliphatic heterocycles. The number of carbonyl (C=O) groups excluding carboxylic acids is 1. The quantitative estimate of drug-likeness (QED) is 0.814. The van der Waals surface area contributed by atoms with Gasteiger partial charge in [-0.3, -0.25) is 0 Å². The molecule has 0 saturated carbocycles. The van der Waals surface area contributed by atoms with Crippen molar-refractivity contribution in [1.82, 2.24) is 10.6 Å². The second kappa shape index (κ2) is 8.05. The number of urea groups is 1. The van der Waals surface area contributed by atoms with Gasteiger partial charge < -0.3 is 10.6 Å². The highest BCUT2D eigenvalue weighted by Crippen LogP contribution is 2.24. The van der Waals surface area contributed by atoms with E-state index in [1.165, 1.54) is 24.3 Å². The highest BCUT2D eigenvalue weighted by molar-refractivity contribution is 5.74. The second-order valence-corrected chi connectivity index (χ2v) is 6.42. The van der Waals surface area contributed by atoms with Gasteiger partial charge in [0.2, 0.25) is 0 Å². The van der Waals surface area contributed by atoms with E-state index in [9.17, 15) is 18.0 Å². The van der Waals surface area contributed by atoms with Crippen molar-refractivity contribution in [2.75, 3.05) is 13.1 Å². The molecule has 2 aromatic carbocycles. The van der Waals surface area contributed by atoms with Gasteiger partial charge in [-0.15, -0.1) is 0 Å². The Morgan fingerprint density at radius 3 is 2.16 bits per heavy atom. The molecule has 0 aliphatic carbocycles. The third kappa shape index (κ3) is 4.98. The van der Waals surface area contributed by atoms with Gasteiger partial charge in [0, 0.05) is 24.1 Å². The van der Waals surface area contributed by atoms with Crippen LogP contribution in [0.25, 0.3) is 0 Å². The molecule has 0 unspecified atom stereocenters. The van der Waals surface area contributed by atoms with Gasteiger partial charge in [0.05, 0.1) is 0 Å². The van der Waals surface area contributed by atoms with Crippen LogP contribution < -0.4 is 10.6 Å². The predicted molar refractivity (Wildman–Crippen MR) is 90.9 cm³/mol. The Bertz CT molecular complexity index is 727. The summed E-state index contributed by atoms with van der Waals surface area (Å²) in [7, 11) is 0. The van der Waals surface area contributed by atoms with Crippen LogP contribution in [-0.4, -0.2) is 19.1 Å². The van der Waals surface area contributed by atoms with E-state index in [2.05, 4.69) is 10.6 Å². The van der Waals surface area contributed by atoms with Crippen molar-refractivity contribution in [2.24, 2.45) is 0 Å². The summed E-state index contributed by atoms with van der Waals surface area (Å²) in [5.74, 6) is -1.60. The maximum Gasteiger partial charge on any atom is 0.314 e. The van der Waals surface area contributed by atoms with E-state index in [-0.39, 0.29) is 30.9 Å². The molecule has 0 radical (unpaired) electrons. The van der Waals surface area contributed by atoms with Gasteiger partial charge in [-0.2, -0.15) is 0 Å². The first kappa shape index (κ1) is 18.8. The fraction of sp³-hybridized carbons (Fsp3) is 0.316. The first-order valence-corrected chi connectivity index (χ1v) is 8.01. The Morgan fingerprint density at radius 1 is 0.920 bits per heavy atom. The minimum Gasteiger partial charge on any atom is -0.338 e. The maximum absolute atomic E-state index is 13.9. The minimum absolute atomic E-state index is 0.0443. The molecule has 0 aliphatic rings. The number of hydrogen-bond donors (Lipinski definition) is 2. The van der Waals surface area contributed by atoms with Crippen LogP contribution >= 0.6 is 0 Å². The van der Waals surface area contributed by atoms with Crippen LogP contribution in [0.2, 0.25) is 0 Å². The van der Waals surface area contributed by atoms with E-state index in [4.69, 9.17) is 0 Å². The molecule has 25 heavy (non-hydrogen) atoms. The zero-order valence-electron chi connectivity index (χ0n) is 14.2. The van der Waals surface area contributed by atoms with E-state index < -0.39 is 23.1 Å². The van der Waals surface area contributed by atoms with E-state index >= 15 is 0 Å². The fourth-order valence-corrected chi connectivity index (χ4v) is 2.54. The molecule has 2 amide bonds. The number of halogens is 3. The molecule has 6 heteroatoms. The summed E-state index contributed by atoms with van der Waals surface area (Å²) in [6.07, 6.45) is 0.0443. The van der Waals surface area contributed by atoms with Gasteiger partial charge in [-0.1, -0.05) is 38.1 Å². The molecule has 2 rings (SSSR count). The summed E-state index contributed by atoms with van der Waals surface area (Å²) in [5, 5.41) is 5.21. The summed E-state index contributed by atoms with van der Waals surface area (Å²) in [6, 6.07) is 9.57. The lowest BCUT2D eigenvalue weighted by Crippen LogP contribution is -2.43. The van der Waals surface area contributed by atoms with Gasteiger partial charge in [0.25, 0.3) is 0 Å². The molecule has 2 N–H and O–H groups in total. The highest BCUT2D eigenvalue weighted by Gasteiger charge is 2.24. The number of rotatable bonds is 6. The average Bonchev–Trinajstić information content (AvgIpc) is 2.56. The molecule has 0 aromatic heterocycles. The third-order valence-electron chi connectivity index (χ3n) is 4.02. The molecule has 2 aromatic rings. The topological polar surface area (TPSA) is 41.1 Å². The molecule has 0 bridgehead atoms. The number of benzene rings is 2. The van der Waals surface area contributed by atoms with Crippen LogP contribution in [-0.2, 0) is 11.8 Å². The van der Waals surface area contributed by atoms with E-state index in [1.54, 1.807) is 18.2 Å². The lowest BCUT2D eigenvalue weighted by molar-refractivity contribution is 0.238. The summed E-state index contributed by atoms with van der Waals surface area (Å²) in [5.41, 5.74) is -0.154. The van der Waals surface area contributed by atoms with Crippen molar-refractivity contribution in [3.63, 3.8) is 0 Å². The normalized spacial score (nSPS) is 11.2. The van der Waals surface area contributed by atoms with Gasteiger partial charge in [-0.05, 0) is 30.2 Å². The van der Waals surface area contributed by atoms with Gasteiger partial charge in [0.1, 0.15) is 17.5 Å². The van der Waals surface area contributed by atoms with Gasteiger partial charge >= 0.3 is 6.03 Å². The molecule has 0 spiro atoms. The lowest BCUT2D eigenvalue weighted by Gasteiger charge is -2.26. The van der Waals surface area contributed by atoms with Gasteiger partial charge in [-0.25, -0.2) is 18.0 Å². The molecular formula is C19H21F3N2O. The Balaban J connectivity index is 1.84. The molecule has 0 atom stereocenters. The smallest absolute Gasteiger partial charge is 0.314 e. The minimum atomic E-state index is -0.636. The maximum atomic E-state index is 13.9. The fourth-order valence-electron chi connectivity index (χ4n) is 2.54. The number of carbonyl (C=O) groups is 1. The van der Waals surface area contributed by atoms with Crippen LogP contribution in [0.4, 0.5) is 18.0 Å². The Kier molecular flexibility index (Phi) is 6.07. The van der Waals surface area contributed by atoms with E-state index in [0.29, 0.717) is 5.56 Å². The van der Waals surface area contributed by atoms with Gasteiger partial charge in [0.15, 0.2) is 0 Å². The standard InChI is InChI=1S/C19H21F3N2O/c1-19(2,14-6-3-4-7-17(14)22)12-24-18(25)23-11-10-13-15(20)8-5-9-16(13)21/h3-9H,10-12H2,1-2H3,(H2,23,24,25). The lowest BCUT2D eigenvalue weighted by atomic mass is 9.84. The van der Waals surface area contributed by atoms with Crippen molar-refractivity contribution in [3.8, 4) is 0 Å². The zero-order chi connectivity index (χ0) is 18.4. The molecule has 0 saturated heterocycles. The van der Waals surface area contributed by atoms with Crippen molar-refractivity contribution in [2.45, 2.75) is 25.7 Å². The summed E-state index contributed by atoms with van der Waals surface area (Å²) in [4.78, 5) is 11.9. The summed E-state index contributed by atoms with van der Waals surface area (Å²) in [6.45, 7) is 3.94. The second-order valence-electron chi connectivity index (χ2n) is 6.42. The van der Waals surface area contributed by atoms with Crippen LogP contribution in [0.3, 0.4) is 0 Å². The Morgan fingerprint density at radius 2 is 1.52 bits per heavy atom. The molecule has 3 nitrogen and oxygen atoms in total. The van der Waals surface area contributed by atoms with Crippen LogP contribution in [0.5, 0.6) is 0 Å². The molecule has 0 heterocycles. The highest BCUT2D eigenvalue weighted by atomic mass is 19.1. The Hall–Kier alpha value is -2.50. The van der Waals surface area contributed by atoms with E-state index in [0.717, 1.165) is 0 Å². The third-order valence-corrected chi connectivity index (χ3v) is 4.02. The van der Waals surface area contributed by atoms with Crippen molar-refractivity contribution < 1.29 is 18.0 Å². The number of hydrogen-bond acceptors (Lipinski definition) is 1. The monoisotopic (exact) mass is 350 g/mol. The van der Waals surface area contributed by atoms with Crippen LogP contribution in [0, 0.1) is 17.5 Å². The van der Waals surface area contributed by atoms with E-state index in [1.807, 2.05) is 13.8 Å². The number of nitrogens with one attached hydrogen (secondary N) is 2. The zero-order valence-corrected chi connectivity index (χ0v) is 14.2.